The fourth-order valence-electron chi connectivity index (χ4n) is 1.80. The zero-order valence-corrected chi connectivity index (χ0v) is 14.5. The molecule has 2 rings (SSSR count). The van der Waals surface area contributed by atoms with Crippen molar-refractivity contribution in [2.45, 2.75) is 17.9 Å². The number of halogens is 2. The van der Waals surface area contributed by atoms with Gasteiger partial charge in [0.05, 0.1) is 0 Å². The highest BCUT2D eigenvalue weighted by molar-refractivity contribution is 9.10. The van der Waals surface area contributed by atoms with Crippen molar-refractivity contribution in [3.05, 3.63) is 52.0 Å². The summed E-state index contributed by atoms with van der Waals surface area (Å²) in [4.78, 5) is 7.76. The van der Waals surface area contributed by atoms with Crippen molar-refractivity contribution in [3.63, 3.8) is 0 Å². The highest BCUT2D eigenvalue weighted by Gasteiger charge is 2.29. The first-order valence-corrected chi connectivity index (χ1v) is 8.64. The molecular weight excluding hydrogens is 378 g/mol. The summed E-state index contributed by atoms with van der Waals surface area (Å²) in [7, 11) is -2.24. The Hall–Kier alpha value is -1.02. The van der Waals surface area contributed by atoms with Crippen LogP contribution in [-0.2, 0) is 10.0 Å². The molecule has 0 spiro atoms. The van der Waals surface area contributed by atoms with Crippen LogP contribution in [0.5, 0.6) is 0 Å². The van der Waals surface area contributed by atoms with E-state index in [0.717, 1.165) is 5.56 Å². The van der Waals surface area contributed by atoms with Crippen molar-refractivity contribution in [1.29, 1.82) is 0 Å². The predicted molar refractivity (Wildman–Crippen MR) is 84.5 cm³/mol. The second-order valence-corrected chi connectivity index (χ2v) is 7.66. The Morgan fingerprint density at radius 2 is 1.95 bits per heavy atom. The van der Waals surface area contributed by atoms with Crippen LogP contribution in [0.15, 0.2) is 46.2 Å². The maximum absolute atomic E-state index is 12.7. The SMILES string of the molecule is CC(c1ccncc1)N(C)S(=O)(=O)c1cc(Br)cnc1Cl. The van der Waals surface area contributed by atoms with Gasteiger partial charge in [-0.3, -0.25) is 4.98 Å². The van der Waals surface area contributed by atoms with Gasteiger partial charge in [-0.05, 0) is 46.6 Å². The molecule has 8 heteroatoms. The van der Waals surface area contributed by atoms with Gasteiger partial charge < -0.3 is 0 Å². The first kappa shape index (κ1) is 16.4. The fourth-order valence-corrected chi connectivity index (χ4v) is 4.07. The standard InChI is InChI=1S/C13H13BrClN3O2S/c1-9(10-3-5-16-6-4-10)18(2)21(19,20)12-7-11(14)8-17-13(12)15/h3-9H,1-2H3. The number of aromatic nitrogens is 2. The van der Waals surface area contributed by atoms with Crippen molar-refractivity contribution >= 4 is 37.6 Å². The highest BCUT2D eigenvalue weighted by Crippen LogP contribution is 2.29. The summed E-state index contributed by atoms with van der Waals surface area (Å²) in [5, 5.41) is -0.0491. The van der Waals surface area contributed by atoms with E-state index in [2.05, 4.69) is 25.9 Å². The molecule has 1 unspecified atom stereocenters. The fraction of sp³-hybridized carbons (Fsp3) is 0.231. The Bertz CT molecular complexity index is 740. The minimum Gasteiger partial charge on any atom is -0.265 e. The molecule has 2 heterocycles. The minimum atomic E-state index is -3.75. The zero-order valence-electron chi connectivity index (χ0n) is 11.4. The predicted octanol–water partition coefficient (Wildman–Crippen LogP) is 3.27. The molecule has 0 aliphatic rings. The highest BCUT2D eigenvalue weighted by atomic mass is 79.9. The summed E-state index contributed by atoms with van der Waals surface area (Å²) in [6.45, 7) is 1.80. The van der Waals surface area contributed by atoms with Crippen molar-refractivity contribution in [3.8, 4) is 0 Å². The van der Waals surface area contributed by atoms with E-state index < -0.39 is 10.0 Å². The van der Waals surface area contributed by atoms with E-state index >= 15 is 0 Å². The van der Waals surface area contributed by atoms with Crippen LogP contribution in [0.25, 0.3) is 0 Å². The van der Waals surface area contributed by atoms with Crippen LogP contribution in [-0.4, -0.2) is 29.7 Å². The Balaban J connectivity index is 2.41. The lowest BCUT2D eigenvalue weighted by atomic mass is 10.1. The smallest absolute Gasteiger partial charge is 0.246 e. The largest absolute Gasteiger partial charge is 0.265 e. The number of pyridine rings is 2. The van der Waals surface area contributed by atoms with E-state index in [1.54, 1.807) is 31.5 Å². The number of sulfonamides is 1. The van der Waals surface area contributed by atoms with Crippen molar-refractivity contribution in [2.75, 3.05) is 7.05 Å². The maximum Gasteiger partial charge on any atom is 0.246 e. The Kier molecular flexibility index (Phi) is 4.98. The summed E-state index contributed by atoms with van der Waals surface area (Å²) in [5.41, 5.74) is 0.843. The molecule has 0 aliphatic carbocycles. The van der Waals surface area contributed by atoms with Crippen molar-refractivity contribution in [1.82, 2.24) is 14.3 Å². The average molecular weight is 391 g/mol. The van der Waals surface area contributed by atoms with Gasteiger partial charge in [0.15, 0.2) is 0 Å². The lowest BCUT2D eigenvalue weighted by Crippen LogP contribution is -2.30. The van der Waals surface area contributed by atoms with Gasteiger partial charge in [-0.1, -0.05) is 11.6 Å². The van der Waals surface area contributed by atoms with Gasteiger partial charge in [0.25, 0.3) is 0 Å². The quantitative estimate of drug-likeness (QED) is 0.752. The molecule has 2 aromatic rings. The molecule has 0 aromatic carbocycles. The number of nitrogens with zero attached hydrogens (tertiary/aromatic N) is 3. The van der Waals surface area contributed by atoms with E-state index in [1.165, 1.54) is 23.6 Å². The number of hydrogen-bond donors (Lipinski definition) is 0. The summed E-state index contributed by atoms with van der Waals surface area (Å²) in [6, 6.07) is 4.64. The van der Waals surface area contributed by atoms with Crippen LogP contribution in [0.2, 0.25) is 5.15 Å². The molecule has 2 aromatic heterocycles. The molecule has 21 heavy (non-hydrogen) atoms. The van der Waals surface area contributed by atoms with Gasteiger partial charge in [0.2, 0.25) is 10.0 Å². The summed E-state index contributed by atoms with van der Waals surface area (Å²) in [6.07, 6.45) is 4.70. The molecule has 1 atom stereocenters. The summed E-state index contributed by atoms with van der Waals surface area (Å²) >= 11 is 9.14. The molecule has 0 radical (unpaired) electrons. The van der Waals surface area contributed by atoms with E-state index in [0.29, 0.717) is 4.47 Å². The second kappa shape index (κ2) is 6.39. The molecule has 0 fully saturated rings. The molecule has 0 bridgehead atoms. The van der Waals surface area contributed by atoms with Crippen LogP contribution in [0.3, 0.4) is 0 Å². The molecular formula is C13H13BrClN3O2S. The maximum atomic E-state index is 12.7. The van der Waals surface area contributed by atoms with Crippen LogP contribution in [0.1, 0.15) is 18.5 Å². The topological polar surface area (TPSA) is 63.2 Å². The summed E-state index contributed by atoms with van der Waals surface area (Å²) in [5.74, 6) is 0. The van der Waals surface area contributed by atoms with Gasteiger partial charge in [0.1, 0.15) is 10.0 Å². The zero-order chi connectivity index (χ0) is 15.6. The van der Waals surface area contributed by atoms with E-state index in [-0.39, 0.29) is 16.1 Å². The van der Waals surface area contributed by atoms with Crippen LogP contribution >= 0.6 is 27.5 Å². The third-order valence-corrected chi connectivity index (χ3v) is 5.95. The summed E-state index contributed by atoms with van der Waals surface area (Å²) < 4.78 is 27.2. The van der Waals surface area contributed by atoms with Gasteiger partial charge in [-0.15, -0.1) is 0 Å². The first-order valence-electron chi connectivity index (χ1n) is 6.03. The molecule has 5 nitrogen and oxygen atoms in total. The number of hydrogen-bond acceptors (Lipinski definition) is 4. The van der Waals surface area contributed by atoms with Crippen molar-refractivity contribution < 1.29 is 8.42 Å². The first-order chi connectivity index (χ1) is 9.84. The monoisotopic (exact) mass is 389 g/mol. The van der Waals surface area contributed by atoms with Crippen LogP contribution < -0.4 is 0 Å². The van der Waals surface area contributed by atoms with E-state index in [1.807, 2.05) is 0 Å². The molecule has 0 aliphatic heterocycles. The van der Waals surface area contributed by atoms with Crippen LogP contribution in [0.4, 0.5) is 0 Å². The van der Waals surface area contributed by atoms with E-state index in [9.17, 15) is 8.42 Å². The van der Waals surface area contributed by atoms with Gasteiger partial charge >= 0.3 is 0 Å². The van der Waals surface area contributed by atoms with Gasteiger partial charge in [0, 0.05) is 36.2 Å². The lowest BCUT2D eigenvalue weighted by Gasteiger charge is -2.24. The van der Waals surface area contributed by atoms with Gasteiger partial charge in [-0.25, -0.2) is 13.4 Å². The molecule has 0 saturated heterocycles. The molecule has 112 valence electrons. The molecule has 0 amide bonds. The molecule has 0 N–H and O–H groups in total. The second-order valence-electron chi connectivity index (χ2n) is 4.42. The van der Waals surface area contributed by atoms with Gasteiger partial charge in [-0.2, -0.15) is 4.31 Å². The lowest BCUT2D eigenvalue weighted by molar-refractivity contribution is 0.398. The van der Waals surface area contributed by atoms with Crippen molar-refractivity contribution in [2.24, 2.45) is 0 Å². The average Bonchev–Trinajstić information content (AvgIpc) is 2.49. The minimum absolute atomic E-state index is 0.0260. The van der Waals surface area contributed by atoms with Crippen LogP contribution in [0, 0.1) is 0 Å². The Morgan fingerprint density at radius 1 is 1.33 bits per heavy atom. The third-order valence-electron chi connectivity index (χ3n) is 3.16. The normalized spacial score (nSPS) is 13.4. The number of rotatable bonds is 4. The third kappa shape index (κ3) is 3.42. The Morgan fingerprint density at radius 3 is 2.57 bits per heavy atom. The van der Waals surface area contributed by atoms with E-state index in [4.69, 9.17) is 11.6 Å². The Labute approximate surface area is 137 Å². The molecule has 0 saturated carbocycles.